The minimum Gasteiger partial charge on any atom is -0.497 e. The van der Waals surface area contributed by atoms with E-state index in [9.17, 15) is 0 Å². The van der Waals surface area contributed by atoms with Crippen molar-refractivity contribution in [3.8, 4) is 5.75 Å². The normalized spacial score (nSPS) is 16.0. The van der Waals surface area contributed by atoms with Gasteiger partial charge in [-0.25, -0.2) is 11.0 Å². The van der Waals surface area contributed by atoms with Gasteiger partial charge in [-0.3, -0.25) is 0 Å². The molecule has 1 aliphatic rings. The Hall–Kier alpha value is -1.52. The topological polar surface area (TPSA) is 41.7 Å². The maximum atomic E-state index is 5.73. The monoisotopic (exact) mass is 205 g/mol. The van der Waals surface area contributed by atoms with Gasteiger partial charge in [0.05, 0.1) is 7.11 Å². The molecule has 0 amide bonds. The highest BCUT2D eigenvalue weighted by Gasteiger charge is 2.12. The van der Waals surface area contributed by atoms with E-state index < -0.39 is 0 Å². The van der Waals surface area contributed by atoms with Crippen LogP contribution in [0, 0.1) is 0 Å². The first kappa shape index (κ1) is 10.0. The number of methoxy groups -OCH3 is 1. The van der Waals surface area contributed by atoms with E-state index in [-0.39, 0.29) is 0 Å². The van der Waals surface area contributed by atoms with Gasteiger partial charge >= 0.3 is 0 Å². The molecule has 4 nitrogen and oxygen atoms in total. The van der Waals surface area contributed by atoms with Gasteiger partial charge < -0.3 is 4.74 Å². The van der Waals surface area contributed by atoms with Crippen LogP contribution in [0.5, 0.6) is 5.75 Å². The van der Waals surface area contributed by atoms with Crippen molar-refractivity contribution >= 4 is 0 Å². The van der Waals surface area contributed by atoms with Crippen LogP contribution in [0.3, 0.4) is 0 Å². The Labute approximate surface area is 89.5 Å². The van der Waals surface area contributed by atoms with Gasteiger partial charge in [-0.2, -0.15) is 5.01 Å². The second kappa shape index (κ2) is 4.33. The molecule has 0 spiro atoms. The Balaban J connectivity index is 1.99. The van der Waals surface area contributed by atoms with Crippen molar-refractivity contribution in [2.24, 2.45) is 5.84 Å². The van der Waals surface area contributed by atoms with E-state index in [4.69, 9.17) is 10.6 Å². The average Bonchev–Trinajstić information content (AvgIpc) is 2.66. The van der Waals surface area contributed by atoms with E-state index in [1.165, 1.54) is 5.56 Å². The molecule has 0 saturated heterocycles. The number of hydrogen-bond acceptors (Lipinski definition) is 4. The summed E-state index contributed by atoms with van der Waals surface area (Å²) >= 11 is 0. The van der Waals surface area contributed by atoms with Crippen LogP contribution < -0.4 is 10.6 Å². The Morgan fingerprint density at radius 3 is 2.60 bits per heavy atom. The molecule has 0 aromatic heterocycles. The fourth-order valence-corrected chi connectivity index (χ4v) is 1.55. The van der Waals surface area contributed by atoms with Crippen molar-refractivity contribution in [3.05, 3.63) is 42.1 Å². The highest BCUT2D eigenvalue weighted by molar-refractivity contribution is 5.27. The smallest absolute Gasteiger partial charge is 0.118 e. The van der Waals surface area contributed by atoms with Crippen LogP contribution in [-0.4, -0.2) is 23.8 Å². The van der Waals surface area contributed by atoms with Gasteiger partial charge in [-0.15, -0.1) is 0 Å². The summed E-state index contributed by atoms with van der Waals surface area (Å²) in [6.45, 7) is 1.68. The molecule has 0 radical (unpaired) electrons. The molecule has 0 aliphatic carbocycles. The minimum absolute atomic E-state index is 0.813. The number of hydrazine groups is 2. The Morgan fingerprint density at radius 2 is 2.07 bits per heavy atom. The van der Waals surface area contributed by atoms with Crippen LogP contribution in [-0.2, 0) is 6.54 Å². The lowest BCUT2D eigenvalue weighted by atomic mass is 10.2. The van der Waals surface area contributed by atoms with Crippen molar-refractivity contribution < 1.29 is 4.74 Å². The molecule has 15 heavy (non-hydrogen) atoms. The second-order valence-electron chi connectivity index (χ2n) is 3.46. The first-order valence-corrected chi connectivity index (χ1v) is 4.88. The van der Waals surface area contributed by atoms with E-state index in [0.717, 1.165) is 18.8 Å². The maximum Gasteiger partial charge on any atom is 0.118 e. The first-order chi connectivity index (χ1) is 7.29. The zero-order chi connectivity index (χ0) is 10.7. The summed E-state index contributed by atoms with van der Waals surface area (Å²) in [4.78, 5) is 0. The fraction of sp³-hybridized carbons (Fsp3) is 0.273. The molecule has 1 aromatic rings. The second-order valence-corrected chi connectivity index (χ2v) is 3.46. The van der Waals surface area contributed by atoms with Crippen molar-refractivity contribution in [1.29, 1.82) is 0 Å². The predicted molar refractivity (Wildman–Crippen MR) is 58.6 cm³/mol. The van der Waals surface area contributed by atoms with E-state index in [1.807, 2.05) is 41.6 Å². The third-order valence-corrected chi connectivity index (χ3v) is 2.43. The quantitative estimate of drug-likeness (QED) is 0.751. The third kappa shape index (κ3) is 2.29. The Bertz CT molecular complexity index is 347. The zero-order valence-electron chi connectivity index (χ0n) is 8.76. The molecule has 2 rings (SSSR count). The first-order valence-electron chi connectivity index (χ1n) is 4.88. The van der Waals surface area contributed by atoms with E-state index >= 15 is 0 Å². The number of benzene rings is 1. The minimum atomic E-state index is 0.813. The fourth-order valence-electron chi connectivity index (χ4n) is 1.55. The van der Waals surface area contributed by atoms with Crippen LogP contribution in [0.2, 0.25) is 0 Å². The standard InChI is InChI=1S/C11H15N3O/c1-15-11-5-3-10(4-6-11)9-13-7-2-8-14(13)12/h2-6,8H,7,9,12H2,1H3. The van der Waals surface area contributed by atoms with Gasteiger partial charge in [0.2, 0.25) is 0 Å². The largest absolute Gasteiger partial charge is 0.497 e. The van der Waals surface area contributed by atoms with Crippen molar-refractivity contribution in [2.75, 3.05) is 13.7 Å². The lowest BCUT2D eigenvalue weighted by Crippen LogP contribution is -2.39. The summed E-state index contributed by atoms with van der Waals surface area (Å²) in [7, 11) is 1.67. The van der Waals surface area contributed by atoms with Crippen molar-refractivity contribution in [2.45, 2.75) is 6.54 Å². The van der Waals surface area contributed by atoms with Crippen molar-refractivity contribution in [1.82, 2.24) is 10.1 Å². The molecule has 0 atom stereocenters. The van der Waals surface area contributed by atoms with E-state index in [1.54, 1.807) is 12.2 Å². The third-order valence-electron chi connectivity index (χ3n) is 2.43. The summed E-state index contributed by atoms with van der Waals surface area (Å²) in [5, 5.41) is 3.66. The lowest BCUT2D eigenvalue weighted by molar-refractivity contribution is 0.0431. The van der Waals surface area contributed by atoms with Crippen LogP contribution >= 0.6 is 0 Å². The maximum absolute atomic E-state index is 5.73. The summed E-state index contributed by atoms with van der Waals surface area (Å²) < 4.78 is 5.10. The lowest BCUT2D eigenvalue weighted by Gasteiger charge is -2.24. The Kier molecular flexibility index (Phi) is 2.89. The van der Waals surface area contributed by atoms with Gasteiger partial charge in [-0.05, 0) is 23.8 Å². The molecule has 1 heterocycles. The predicted octanol–water partition coefficient (Wildman–Crippen LogP) is 1.12. The number of nitrogens with zero attached hydrogens (tertiary/aromatic N) is 2. The number of nitrogens with two attached hydrogens (primary N) is 1. The van der Waals surface area contributed by atoms with Crippen molar-refractivity contribution in [3.63, 3.8) is 0 Å². The molecule has 80 valence electrons. The molecule has 1 aliphatic heterocycles. The van der Waals surface area contributed by atoms with Crippen LogP contribution in [0.25, 0.3) is 0 Å². The van der Waals surface area contributed by atoms with Gasteiger partial charge in [0.1, 0.15) is 5.75 Å². The van der Waals surface area contributed by atoms with Crippen LogP contribution in [0.15, 0.2) is 36.5 Å². The SMILES string of the molecule is COc1ccc(CN2CC=CN2N)cc1. The van der Waals surface area contributed by atoms with Gasteiger partial charge in [-0.1, -0.05) is 12.1 Å². The highest BCUT2D eigenvalue weighted by Crippen LogP contribution is 2.14. The zero-order valence-corrected chi connectivity index (χ0v) is 8.76. The average molecular weight is 205 g/mol. The van der Waals surface area contributed by atoms with Crippen LogP contribution in [0.4, 0.5) is 0 Å². The molecule has 0 unspecified atom stereocenters. The Morgan fingerprint density at radius 1 is 1.33 bits per heavy atom. The number of rotatable bonds is 3. The van der Waals surface area contributed by atoms with E-state index in [2.05, 4.69) is 0 Å². The summed E-state index contributed by atoms with van der Waals surface area (Å²) in [5.41, 5.74) is 1.22. The molecule has 2 N–H and O–H groups in total. The molecular weight excluding hydrogens is 190 g/mol. The molecule has 0 fully saturated rings. The molecule has 0 saturated carbocycles. The number of hydrogen-bond donors (Lipinski definition) is 1. The molecule has 0 bridgehead atoms. The van der Waals surface area contributed by atoms with Gasteiger partial charge in [0.25, 0.3) is 0 Å². The molecule has 1 aromatic carbocycles. The summed E-state index contributed by atoms with van der Waals surface area (Å²) in [6.07, 6.45) is 3.90. The highest BCUT2D eigenvalue weighted by atomic mass is 16.5. The number of ether oxygens (including phenoxy) is 1. The molecular formula is C11H15N3O. The van der Waals surface area contributed by atoms with Gasteiger partial charge in [0, 0.05) is 19.3 Å². The van der Waals surface area contributed by atoms with Gasteiger partial charge in [0.15, 0.2) is 0 Å². The van der Waals surface area contributed by atoms with E-state index in [0.29, 0.717) is 0 Å². The van der Waals surface area contributed by atoms with Crippen LogP contribution in [0.1, 0.15) is 5.56 Å². The summed E-state index contributed by atoms with van der Waals surface area (Å²) in [6, 6.07) is 8.01. The summed E-state index contributed by atoms with van der Waals surface area (Å²) in [5.74, 6) is 6.61. The molecule has 4 heteroatoms.